The van der Waals surface area contributed by atoms with Gasteiger partial charge >= 0.3 is 0 Å². The Kier molecular flexibility index (Phi) is 2.15. The average molecular weight is 172 g/mol. The second kappa shape index (κ2) is 3.46. The van der Waals surface area contributed by atoms with Crippen LogP contribution in [-0.4, -0.2) is 6.17 Å². The topological polar surface area (TPSA) is 38.0 Å². The Bertz CT molecular complexity index is 338. The Morgan fingerprint density at radius 3 is 2.62 bits per heavy atom. The molecule has 0 radical (unpaired) electrons. The van der Waals surface area contributed by atoms with E-state index >= 15 is 0 Å². The number of dihydropyridines is 1. The smallest absolute Gasteiger partial charge is 0.101 e. The highest BCUT2D eigenvalue weighted by Gasteiger charge is 2.10. The fraction of sp³-hybridized carbons (Fsp3) is 0.0909. The van der Waals surface area contributed by atoms with Crippen LogP contribution in [0.3, 0.4) is 0 Å². The third-order valence-corrected chi connectivity index (χ3v) is 2.09. The minimum atomic E-state index is -0.0904. The van der Waals surface area contributed by atoms with Crippen molar-refractivity contribution in [3.63, 3.8) is 0 Å². The van der Waals surface area contributed by atoms with Crippen LogP contribution in [0, 0.1) is 0 Å². The van der Waals surface area contributed by atoms with E-state index in [0.29, 0.717) is 0 Å². The normalized spacial score (nSPS) is 20.7. The molecule has 1 atom stereocenters. The fourth-order valence-corrected chi connectivity index (χ4v) is 1.41. The summed E-state index contributed by atoms with van der Waals surface area (Å²) in [5.74, 6) is 0. The molecule has 3 N–H and O–H groups in total. The second-order valence-corrected chi connectivity index (χ2v) is 2.99. The Labute approximate surface area is 77.8 Å². The highest BCUT2D eigenvalue weighted by molar-refractivity contribution is 5.71. The highest BCUT2D eigenvalue weighted by atomic mass is 15.0. The zero-order valence-corrected chi connectivity index (χ0v) is 7.27. The van der Waals surface area contributed by atoms with Crippen LogP contribution in [0.25, 0.3) is 5.57 Å². The second-order valence-electron chi connectivity index (χ2n) is 2.99. The molecule has 0 spiro atoms. The number of nitrogens with two attached hydrogens (primary N) is 1. The molecule has 66 valence electrons. The molecule has 0 bridgehead atoms. The molecule has 1 heterocycles. The zero-order chi connectivity index (χ0) is 9.10. The van der Waals surface area contributed by atoms with E-state index in [9.17, 15) is 0 Å². The monoisotopic (exact) mass is 172 g/mol. The van der Waals surface area contributed by atoms with Crippen LogP contribution in [0.4, 0.5) is 0 Å². The van der Waals surface area contributed by atoms with E-state index in [1.165, 1.54) is 5.56 Å². The van der Waals surface area contributed by atoms with Gasteiger partial charge in [0.2, 0.25) is 0 Å². The van der Waals surface area contributed by atoms with Crippen LogP contribution in [-0.2, 0) is 0 Å². The molecule has 1 aliphatic heterocycles. The molecule has 0 fully saturated rings. The summed E-state index contributed by atoms with van der Waals surface area (Å²) in [6.07, 6.45) is 5.77. The molecule has 2 heteroatoms. The Morgan fingerprint density at radius 2 is 1.92 bits per heavy atom. The van der Waals surface area contributed by atoms with Crippen molar-refractivity contribution in [2.24, 2.45) is 5.73 Å². The molecule has 2 rings (SSSR count). The lowest BCUT2D eigenvalue weighted by Crippen LogP contribution is -2.36. The number of benzene rings is 1. The third-order valence-electron chi connectivity index (χ3n) is 2.09. The molecule has 0 aromatic heterocycles. The summed E-state index contributed by atoms with van der Waals surface area (Å²) in [5.41, 5.74) is 8.18. The van der Waals surface area contributed by atoms with Gasteiger partial charge in [0.1, 0.15) is 6.17 Å². The van der Waals surface area contributed by atoms with Gasteiger partial charge in [-0.15, -0.1) is 0 Å². The Hall–Kier alpha value is -1.54. The van der Waals surface area contributed by atoms with E-state index in [2.05, 4.69) is 17.4 Å². The summed E-state index contributed by atoms with van der Waals surface area (Å²) < 4.78 is 0. The van der Waals surface area contributed by atoms with Crippen LogP contribution in [0.5, 0.6) is 0 Å². The van der Waals surface area contributed by atoms with Gasteiger partial charge in [-0.05, 0) is 23.4 Å². The maximum absolute atomic E-state index is 5.88. The first-order chi connectivity index (χ1) is 6.38. The quantitative estimate of drug-likeness (QED) is 0.673. The van der Waals surface area contributed by atoms with Crippen LogP contribution < -0.4 is 11.1 Å². The van der Waals surface area contributed by atoms with Gasteiger partial charge in [-0.1, -0.05) is 36.4 Å². The van der Waals surface area contributed by atoms with Crippen LogP contribution in [0.2, 0.25) is 0 Å². The predicted octanol–water partition coefficient (Wildman–Crippen LogP) is 1.47. The molecular weight excluding hydrogens is 160 g/mol. The van der Waals surface area contributed by atoms with Gasteiger partial charge in [0.25, 0.3) is 0 Å². The van der Waals surface area contributed by atoms with E-state index in [1.54, 1.807) is 0 Å². The van der Waals surface area contributed by atoms with Crippen LogP contribution >= 0.6 is 0 Å². The number of nitrogens with one attached hydrogen (secondary N) is 1. The Balaban J connectivity index is 2.35. The molecule has 0 aliphatic carbocycles. The van der Waals surface area contributed by atoms with E-state index in [0.717, 1.165) is 5.57 Å². The van der Waals surface area contributed by atoms with Crippen molar-refractivity contribution in [2.75, 3.05) is 0 Å². The lowest BCUT2D eigenvalue weighted by atomic mass is 10.0. The van der Waals surface area contributed by atoms with Crippen molar-refractivity contribution in [3.05, 3.63) is 54.2 Å². The van der Waals surface area contributed by atoms with E-state index in [1.807, 2.05) is 36.6 Å². The molecule has 0 amide bonds. The van der Waals surface area contributed by atoms with E-state index < -0.39 is 0 Å². The minimum absolute atomic E-state index is 0.0904. The lowest BCUT2D eigenvalue weighted by molar-refractivity contribution is 0.745. The molecular formula is C11H12N2. The average Bonchev–Trinajstić information content (AvgIpc) is 2.20. The summed E-state index contributed by atoms with van der Waals surface area (Å²) in [4.78, 5) is 0. The SMILES string of the molecule is NC1NC=CC=C1c1ccccc1. The lowest BCUT2D eigenvalue weighted by Gasteiger charge is -2.19. The summed E-state index contributed by atoms with van der Waals surface area (Å²) in [6, 6.07) is 10.2. The molecule has 1 aliphatic rings. The highest BCUT2D eigenvalue weighted by Crippen LogP contribution is 2.17. The molecule has 2 nitrogen and oxygen atoms in total. The fourth-order valence-electron chi connectivity index (χ4n) is 1.41. The first-order valence-electron chi connectivity index (χ1n) is 4.32. The van der Waals surface area contributed by atoms with Crippen molar-refractivity contribution in [2.45, 2.75) is 6.17 Å². The molecule has 0 saturated carbocycles. The van der Waals surface area contributed by atoms with Crippen molar-refractivity contribution >= 4 is 5.57 Å². The summed E-state index contributed by atoms with van der Waals surface area (Å²) in [5, 5.41) is 3.06. The first-order valence-corrected chi connectivity index (χ1v) is 4.32. The van der Waals surface area contributed by atoms with Crippen molar-refractivity contribution < 1.29 is 0 Å². The number of hydrogen-bond donors (Lipinski definition) is 2. The first kappa shape index (κ1) is 8.08. The maximum Gasteiger partial charge on any atom is 0.101 e. The van der Waals surface area contributed by atoms with Gasteiger partial charge in [0, 0.05) is 0 Å². The standard InChI is InChI=1S/C11H12N2/c12-11-10(7-4-8-13-11)9-5-2-1-3-6-9/h1-8,11,13H,12H2. The van der Waals surface area contributed by atoms with Crippen molar-refractivity contribution in [1.82, 2.24) is 5.32 Å². The molecule has 13 heavy (non-hydrogen) atoms. The van der Waals surface area contributed by atoms with Gasteiger partial charge in [0.15, 0.2) is 0 Å². The number of rotatable bonds is 1. The van der Waals surface area contributed by atoms with Gasteiger partial charge < -0.3 is 11.1 Å². The minimum Gasteiger partial charge on any atom is -0.372 e. The van der Waals surface area contributed by atoms with E-state index in [4.69, 9.17) is 5.73 Å². The molecule has 1 aromatic carbocycles. The Morgan fingerprint density at radius 1 is 1.15 bits per heavy atom. The van der Waals surface area contributed by atoms with Gasteiger partial charge in [-0.2, -0.15) is 0 Å². The number of hydrogen-bond acceptors (Lipinski definition) is 2. The maximum atomic E-state index is 5.88. The van der Waals surface area contributed by atoms with Gasteiger partial charge in [-0.25, -0.2) is 0 Å². The number of allylic oxidation sites excluding steroid dienone is 2. The molecule has 1 aromatic rings. The van der Waals surface area contributed by atoms with Crippen molar-refractivity contribution in [3.8, 4) is 0 Å². The van der Waals surface area contributed by atoms with E-state index in [-0.39, 0.29) is 6.17 Å². The van der Waals surface area contributed by atoms with Gasteiger partial charge in [0.05, 0.1) is 0 Å². The third kappa shape index (κ3) is 1.63. The van der Waals surface area contributed by atoms with Crippen LogP contribution in [0.15, 0.2) is 48.7 Å². The van der Waals surface area contributed by atoms with Crippen molar-refractivity contribution in [1.29, 1.82) is 0 Å². The molecule has 0 saturated heterocycles. The summed E-state index contributed by atoms with van der Waals surface area (Å²) in [6.45, 7) is 0. The predicted molar refractivity (Wildman–Crippen MR) is 54.7 cm³/mol. The summed E-state index contributed by atoms with van der Waals surface area (Å²) in [7, 11) is 0. The summed E-state index contributed by atoms with van der Waals surface area (Å²) >= 11 is 0. The molecule has 1 unspecified atom stereocenters. The van der Waals surface area contributed by atoms with Gasteiger partial charge in [-0.3, -0.25) is 0 Å². The zero-order valence-electron chi connectivity index (χ0n) is 7.27. The van der Waals surface area contributed by atoms with Crippen LogP contribution in [0.1, 0.15) is 5.56 Å². The largest absolute Gasteiger partial charge is 0.372 e.